The van der Waals surface area contributed by atoms with Gasteiger partial charge in [0.2, 0.25) is 0 Å². The molecule has 1 aliphatic heterocycles. The molecule has 1 saturated heterocycles. The molecule has 0 spiro atoms. The molecule has 0 aromatic rings. The van der Waals surface area contributed by atoms with Crippen molar-refractivity contribution in [3.05, 3.63) is 0 Å². The maximum atomic E-state index is 11.7. The summed E-state index contributed by atoms with van der Waals surface area (Å²) in [6, 6.07) is 0.294. The van der Waals surface area contributed by atoms with Crippen molar-refractivity contribution in [3.8, 4) is 0 Å². The Bertz CT molecular complexity index is 272. The molecule has 15 heavy (non-hydrogen) atoms. The lowest BCUT2D eigenvalue weighted by Crippen LogP contribution is -2.46. The molecule has 1 aliphatic carbocycles. The molecule has 0 unspecified atom stereocenters. The Hall–Kier alpha value is -0.770. The summed E-state index contributed by atoms with van der Waals surface area (Å²) in [7, 11) is 0. The van der Waals surface area contributed by atoms with Gasteiger partial charge in [-0.25, -0.2) is 4.79 Å². The van der Waals surface area contributed by atoms with Crippen LogP contribution in [0.3, 0.4) is 0 Å². The van der Waals surface area contributed by atoms with Crippen molar-refractivity contribution >= 4 is 6.09 Å². The van der Waals surface area contributed by atoms with Gasteiger partial charge in [0.25, 0.3) is 0 Å². The van der Waals surface area contributed by atoms with Gasteiger partial charge in [-0.05, 0) is 39.0 Å². The van der Waals surface area contributed by atoms with Gasteiger partial charge in [-0.3, -0.25) is 0 Å². The van der Waals surface area contributed by atoms with Gasteiger partial charge < -0.3 is 15.4 Å². The minimum atomic E-state index is -0.402. The lowest BCUT2D eigenvalue weighted by Gasteiger charge is -2.35. The van der Waals surface area contributed by atoms with Crippen molar-refractivity contribution < 1.29 is 9.53 Å². The van der Waals surface area contributed by atoms with E-state index in [0.29, 0.717) is 17.9 Å². The third-order valence-electron chi connectivity index (χ3n) is 3.27. The highest BCUT2D eigenvalue weighted by Gasteiger charge is 2.47. The van der Waals surface area contributed by atoms with Gasteiger partial charge in [0.05, 0.1) is 0 Å². The van der Waals surface area contributed by atoms with Crippen molar-refractivity contribution in [3.63, 3.8) is 0 Å². The summed E-state index contributed by atoms with van der Waals surface area (Å²) >= 11 is 0. The van der Waals surface area contributed by atoms with E-state index in [0.717, 1.165) is 19.5 Å². The molecule has 2 fully saturated rings. The lowest BCUT2D eigenvalue weighted by molar-refractivity contribution is 0.0288. The van der Waals surface area contributed by atoms with Crippen LogP contribution in [0.2, 0.25) is 0 Å². The molecule has 1 saturated carbocycles. The van der Waals surface area contributed by atoms with Crippen LogP contribution in [0.15, 0.2) is 0 Å². The molecule has 86 valence electrons. The largest absolute Gasteiger partial charge is 0.444 e. The Morgan fingerprint density at radius 2 is 2.07 bits per heavy atom. The Morgan fingerprint density at radius 1 is 1.40 bits per heavy atom. The monoisotopic (exact) mass is 212 g/mol. The molecule has 1 heterocycles. The highest BCUT2D eigenvalue weighted by Crippen LogP contribution is 2.39. The highest BCUT2D eigenvalue weighted by atomic mass is 16.6. The van der Waals surface area contributed by atoms with Crippen LogP contribution in [0.25, 0.3) is 0 Å². The van der Waals surface area contributed by atoms with Crippen molar-refractivity contribution in [2.24, 2.45) is 17.6 Å². The second kappa shape index (κ2) is 3.37. The minimum Gasteiger partial charge on any atom is -0.444 e. The number of carbonyl (C=O) groups excluding carboxylic acids is 1. The van der Waals surface area contributed by atoms with Crippen molar-refractivity contribution in [2.45, 2.75) is 38.8 Å². The van der Waals surface area contributed by atoms with Crippen LogP contribution in [0.1, 0.15) is 27.2 Å². The molecule has 0 bridgehead atoms. The Kier molecular flexibility index (Phi) is 2.41. The predicted octanol–water partition coefficient (Wildman–Crippen LogP) is 1.20. The standard InChI is InChI=1S/C11H20N2O2/c1-11(2,3)15-10(14)13-5-7-4-9(12)8(7)6-13/h7-9H,4-6,12H2,1-3H3/t7-,8+,9-/m1/s1. The van der Waals surface area contributed by atoms with Crippen LogP contribution in [-0.4, -0.2) is 35.7 Å². The first kappa shape index (κ1) is 10.7. The summed E-state index contributed by atoms with van der Waals surface area (Å²) in [5, 5.41) is 0. The van der Waals surface area contributed by atoms with Crippen LogP contribution in [0.5, 0.6) is 0 Å². The molecule has 0 aromatic heterocycles. The Morgan fingerprint density at radius 3 is 2.53 bits per heavy atom. The molecule has 3 atom stereocenters. The van der Waals surface area contributed by atoms with Gasteiger partial charge in [-0.1, -0.05) is 0 Å². The maximum Gasteiger partial charge on any atom is 0.410 e. The van der Waals surface area contributed by atoms with Gasteiger partial charge >= 0.3 is 6.09 Å². The fourth-order valence-electron chi connectivity index (χ4n) is 2.43. The van der Waals surface area contributed by atoms with Gasteiger partial charge in [0.15, 0.2) is 0 Å². The summed E-state index contributed by atoms with van der Waals surface area (Å²) in [5.41, 5.74) is 5.47. The Balaban J connectivity index is 1.88. The molecule has 1 amide bonds. The zero-order valence-corrected chi connectivity index (χ0v) is 9.69. The van der Waals surface area contributed by atoms with E-state index in [2.05, 4.69) is 0 Å². The number of hydrogen-bond donors (Lipinski definition) is 1. The number of rotatable bonds is 0. The number of nitrogens with two attached hydrogens (primary N) is 1. The van der Waals surface area contributed by atoms with Gasteiger partial charge in [0, 0.05) is 19.1 Å². The fraction of sp³-hybridized carbons (Fsp3) is 0.909. The normalized spacial score (nSPS) is 34.7. The summed E-state index contributed by atoms with van der Waals surface area (Å²) in [6.07, 6.45) is 0.869. The molecule has 2 aliphatic rings. The summed E-state index contributed by atoms with van der Waals surface area (Å²) < 4.78 is 5.33. The quantitative estimate of drug-likeness (QED) is 0.656. The van der Waals surface area contributed by atoms with E-state index < -0.39 is 5.60 Å². The molecular formula is C11H20N2O2. The average Bonchev–Trinajstić information content (AvgIpc) is 2.39. The predicted molar refractivity (Wildman–Crippen MR) is 57.4 cm³/mol. The van der Waals surface area contributed by atoms with E-state index >= 15 is 0 Å². The van der Waals surface area contributed by atoms with Crippen LogP contribution < -0.4 is 5.73 Å². The molecule has 4 heteroatoms. The molecule has 2 N–H and O–H groups in total. The highest BCUT2D eigenvalue weighted by molar-refractivity contribution is 5.68. The van der Waals surface area contributed by atoms with E-state index in [-0.39, 0.29) is 6.09 Å². The SMILES string of the molecule is CC(C)(C)OC(=O)N1C[C@H]2C[C@@H](N)[C@H]2C1. The first-order valence-electron chi connectivity index (χ1n) is 5.60. The number of fused-ring (bicyclic) bond motifs is 1. The minimum absolute atomic E-state index is 0.191. The molecular weight excluding hydrogens is 192 g/mol. The molecule has 2 rings (SSSR count). The third kappa shape index (κ3) is 2.09. The van der Waals surface area contributed by atoms with Crippen LogP contribution in [-0.2, 0) is 4.74 Å². The first-order valence-corrected chi connectivity index (χ1v) is 5.60. The van der Waals surface area contributed by atoms with E-state index in [9.17, 15) is 4.79 Å². The van der Waals surface area contributed by atoms with Crippen LogP contribution in [0, 0.1) is 11.8 Å². The average molecular weight is 212 g/mol. The molecule has 4 nitrogen and oxygen atoms in total. The third-order valence-corrected chi connectivity index (χ3v) is 3.27. The van der Waals surface area contributed by atoms with Crippen LogP contribution >= 0.6 is 0 Å². The summed E-state index contributed by atoms with van der Waals surface area (Å²) in [4.78, 5) is 13.5. The van der Waals surface area contributed by atoms with Gasteiger partial charge in [0.1, 0.15) is 5.60 Å². The molecule has 0 aromatic carbocycles. The lowest BCUT2D eigenvalue weighted by atomic mass is 9.72. The van der Waals surface area contributed by atoms with Crippen molar-refractivity contribution in [1.82, 2.24) is 4.90 Å². The van der Waals surface area contributed by atoms with Gasteiger partial charge in [-0.15, -0.1) is 0 Å². The van der Waals surface area contributed by atoms with Crippen molar-refractivity contribution in [2.75, 3.05) is 13.1 Å². The number of amides is 1. The van der Waals surface area contributed by atoms with Crippen molar-refractivity contribution in [1.29, 1.82) is 0 Å². The zero-order chi connectivity index (χ0) is 11.2. The fourth-order valence-corrected chi connectivity index (χ4v) is 2.43. The molecule has 0 radical (unpaired) electrons. The number of ether oxygens (including phenoxy) is 1. The summed E-state index contributed by atoms with van der Waals surface area (Å²) in [5.74, 6) is 1.13. The Labute approximate surface area is 90.8 Å². The second-order valence-corrected chi connectivity index (χ2v) is 5.71. The van der Waals surface area contributed by atoms with E-state index in [1.54, 1.807) is 4.90 Å². The van der Waals surface area contributed by atoms with E-state index in [1.165, 1.54) is 0 Å². The smallest absolute Gasteiger partial charge is 0.410 e. The number of nitrogens with zero attached hydrogens (tertiary/aromatic N) is 1. The summed E-state index contributed by atoms with van der Waals surface area (Å²) in [6.45, 7) is 7.28. The van der Waals surface area contributed by atoms with Gasteiger partial charge in [-0.2, -0.15) is 0 Å². The number of hydrogen-bond acceptors (Lipinski definition) is 3. The second-order valence-electron chi connectivity index (χ2n) is 5.71. The first-order chi connectivity index (χ1) is 6.87. The topological polar surface area (TPSA) is 55.6 Å². The van der Waals surface area contributed by atoms with E-state index in [4.69, 9.17) is 10.5 Å². The zero-order valence-electron chi connectivity index (χ0n) is 9.69. The maximum absolute atomic E-state index is 11.7. The number of carbonyl (C=O) groups is 1. The number of likely N-dealkylation sites (tertiary alicyclic amines) is 1. The van der Waals surface area contributed by atoms with E-state index in [1.807, 2.05) is 20.8 Å². The van der Waals surface area contributed by atoms with Crippen LogP contribution in [0.4, 0.5) is 4.79 Å².